The fourth-order valence-electron chi connectivity index (χ4n) is 4.37. The molecule has 5 rings (SSSR count). The van der Waals surface area contributed by atoms with E-state index in [1.54, 1.807) is 7.11 Å². The number of para-hydroxylation sites is 1. The molecule has 1 aliphatic rings. The van der Waals surface area contributed by atoms with Crippen LogP contribution in [-0.4, -0.2) is 34.8 Å². The fourth-order valence-corrected chi connectivity index (χ4v) is 4.37. The Bertz CT molecular complexity index is 1230. The summed E-state index contributed by atoms with van der Waals surface area (Å²) in [6.45, 7) is 0.753. The van der Waals surface area contributed by atoms with Crippen LogP contribution >= 0.6 is 0 Å². The number of methoxy groups -OCH3 is 1. The summed E-state index contributed by atoms with van der Waals surface area (Å²) in [5.74, 6) is 1.79. The molecule has 7 heteroatoms. The Hall–Kier alpha value is -3.87. The number of benzene rings is 2. The van der Waals surface area contributed by atoms with Crippen molar-refractivity contribution < 1.29 is 4.74 Å². The lowest BCUT2D eigenvalue weighted by Crippen LogP contribution is -2.37. The van der Waals surface area contributed by atoms with Gasteiger partial charge in [-0.2, -0.15) is 0 Å². The summed E-state index contributed by atoms with van der Waals surface area (Å²) >= 11 is 0. The summed E-state index contributed by atoms with van der Waals surface area (Å²) in [6, 6.07) is 16.4. The molecule has 0 saturated carbocycles. The van der Waals surface area contributed by atoms with E-state index in [-0.39, 0.29) is 6.04 Å². The number of fused-ring (bicyclic) bond motifs is 3. The molecule has 1 aliphatic heterocycles. The lowest BCUT2D eigenvalue weighted by Gasteiger charge is -2.37. The number of anilines is 2. The number of ether oxygens (including phenoxy) is 1. The van der Waals surface area contributed by atoms with Crippen LogP contribution in [-0.2, 0) is 6.42 Å². The van der Waals surface area contributed by atoms with Gasteiger partial charge in [-0.3, -0.25) is 0 Å². The molecule has 2 aromatic heterocycles. The number of aromatic amines is 1. The highest BCUT2D eigenvalue weighted by molar-refractivity contribution is 5.91. The summed E-state index contributed by atoms with van der Waals surface area (Å²) in [5, 5.41) is 9.11. The molecule has 0 fully saturated rings. The zero-order valence-corrected chi connectivity index (χ0v) is 16.6. The van der Waals surface area contributed by atoms with E-state index >= 15 is 0 Å². The lowest BCUT2D eigenvalue weighted by atomic mass is 9.92. The van der Waals surface area contributed by atoms with E-state index in [1.807, 2.05) is 18.2 Å². The second-order valence-electron chi connectivity index (χ2n) is 7.32. The first-order valence-corrected chi connectivity index (χ1v) is 9.82. The molecule has 0 aliphatic carbocycles. The number of hydrogen-bond acceptors (Lipinski definition) is 6. The van der Waals surface area contributed by atoms with Gasteiger partial charge in [0.05, 0.1) is 18.7 Å². The molecular formula is C23H22N6O. The summed E-state index contributed by atoms with van der Waals surface area (Å²) < 4.78 is 5.35. The normalized spacial score (nSPS) is 15.8. The van der Waals surface area contributed by atoms with Crippen LogP contribution in [0.15, 0.2) is 54.9 Å². The maximum atomic E-state index is 7.86. The molecule has 0 amide bonds. The van der Waals surface area contributed by atoms with Gasteiger partial charge in [-0.15, -0.1) is 0 Å². The van der Waals surface area contributed by atoms with Crippen LogP contribution in [0.4, 0.5) is 11.6 Å². The predicted molar refractivity (Wildman–Crippen MR) is 119 cm³/mol. The molecular weight excluding hydrogens is 376 g/mol. The largest absolute Gasteiger partial charge is 0.497 e. The van der Waals surface area contributed by atoms with Crippen LogP contribution in [0.25, 0.3) is 10.9 Å². The molecule has 1 atom stereocenters. The van der Waals surface area contributed by atoms with Crippen molar-refractivity contribution >= 4 is 28.8 Å². The van der Waals surface area contributed by atoms with Crippen LogP contribution in [0.3, 0.4) is 0 Å². The Labute approximate surface area is 174 Å². The number of rotatable bonds is 4. The maximum absolute atomic E-state index is 7.86. The Morgan fingerprint density at radius 1 is 1.17 bits per heavy atom. The van der Waals surface area contributed by atoms with Crippen LogP contribution in [0, 0.1) is 5.41 Å². The van der Waals surface area contributed by atoms with E-state index in [0.29, 0.717) is 17.2 Å². The van der Waals surface area contributed by atoms with Crippen molar-refractivity contribution in [3.63, 3.8) is 0 Å². The van der Waals surface area contributed by atoms with E-state index in [9.17, 15) is 0 Å². The van der Waals surface area contributed by atoms with Gasteiger partial charge in [-0.05, 0) is 35.7 Å². The topological polar surface area (TPSA) is 104 Å². The van der Waals surface area contributed by atoms with Gasteiger partial charge in [0.25, 0.3) is 0 Å². The Kier molecular flexibility index (Phi) is 4.35. The monoisotopic (exact) mass is 398 g/mol. The van der Waals surface area contributed by atoms with Gasteiger partial charge in [-0.25, -0.2) is 9.97 Å². The molecule has 4 N–H and O–H groups in total. The number of nitrogens with two attached hydrogens (primary N) is 1. The van der Waals surface area contributed by atoms with Crippen molar-refractivity contribution in [3.05, 3.63) is 77.2 Å². The highest BCUT2D eigenvalue weighted by atomic mass is 16.5. The van der Waals surface area contributed by atoms with E-state index in [4.69, 9.17) is 15.9 Å². The van der Waals surface area contributed by atoms with Gasteiger partial charge in [0.15, 0.2) is 0 Å². The van der Waals surface area contributed by atoms with Crippen molar-refractivity contribution in [1.29, 1.82) is 5.41 Å². The molecule has 30 heavy (non-hydrogen) atoms. The van der Waals surface area contributed by atoms with Gasteiger partial charge in [0.2, 0.25) is 0 Å². The Balaban J connectivity index is 1.73. The van der Waals surface area contributed by atoms with Gasteiger partial charge >= 0.3 is 0 Å². The number of aromatic nitrogens is 3. The molecule has 3 heterocycles. The van der Waals surface area contributed by atoms with Crippen molar-refractivity contribution in [2.45, 2.75) is 12.5 Å². The molecule has 7 nitrogen and oxygen atoms in total. The average molecular weight is 398 g/mol. The quantitative estimate of drug-likeness (QED) is 0.455. The summed E-state index contributed by atoms with van der Waals surface area (Å²) in [6.07, 6.45) is 3.56. The highest BCUT2D eigenvalue weighted by Gasteiger charge is 2.33. The first kappa shape index (κ1) is 18.2. The lowest BCUT2D eigenvalue weighted by molar-refractivity contribution is 0.414. The van der Waals surface area contributed by atoms with Crippen molar-refractivity contribution in [2.75, 3.05) is 24.3 Å². The van der Waals surface area contributed by atoms with Gasteiger partial charge in [-0.1, -0.05) is 30.3 Å². The van der Waals surface area contributed by atoms with Gasteiger partial charge < -0.3 is 25.8 Å². The number of nitrogens with zero attached hydrogens (tertiary/aromatic N) is 3. The van der Waals surface area contributed by atoms with Crippen LogP contribution < -0.4 is 15.4 Å². The minimum atomic E-state index is -0.0972. The molecule has 0 spiro atoms. The first-order valence-electron chi connectivity index (χ1n) is 9.82. The van der Waals surface area contributed by atoms with Crippen molar-refractivity contribution in [1.82, 2.24) is 15.0 Å². The molecule has 150 valence electrons. The van der Waals surface area contributed by atoms with Crippen LogP contribution in [0.5, 0.6) is 5.75 Å². The number of nitrogen functional groups attached to an aromatic ring is 1. The highest BCUT2D eigenvalue weighted by Crippen LogP contribution is 2.41. The fraction of sp³-hybridized carbons (Fsp3) is 0.174. The molecule has 0 saturated heterocycles. The minimum absolute atomic E-state index is 0.0972. The maximum Gasteiger partial charge on any atom is 0.143 e. The third-order valence-corrected chi connectivity index (χ3v) is 5.78. The minimum Gasteiger partial charge on any atom is -0.497 e. The number of hydrogen-bond donors (Lipinski definition) is 3. The Morgan fingerprint density at radius 2 is 1.97 bits per heavy atom. The molecule has 1 unspecified atom stereocenters. The third kappa shape index (κ3) is 2.78. The molecule has 4 aromatic rings. The zero-order chi connectivity index (χ0) is 20.7. The van der Waals surface area contributed by atoms with E-state index in [0.717, 1.165) is 35.5 Å². The summed E-state index contributed by atoms with van der Waals surface area (Å²) in [5.41, 5.74) is 11.3. The molecule has 0 radical (unpaired) electrons. The summed E-state index contributed by atoms with van der Waals surface area (Å²) in [7, 11) is 1.66. The predicted octanol–water partition coefficient (Wildman–Crippen LogP) is 3.70. The van der Waals surface area contributed by atoms with Crippen LogP contribution in [0.1, 0.15) is 28.4 Å². The van der Waals surface area contributed by atoms with Crippen molar-refractivity contribution in [3.8, 4) is 5.75 Å². The standard InChI is InChI=1S/C23H22N6O/c1-30-15-8-6-14(7-9-15)21-20-17(16-4-2-3-5-19(16)28-20)10-11-29(21)23-18(12-24)22(25)26-13-27-23/h2-9,12-13,21,24,28H,10-11H2,1H3,(H2,25,26,27). The first-order chi connectivity index (χ1) is 14.7. The van der Waals surface area contributed by atoms with Crippen molar-refractivity contribution in [2.24, 2.45) is 0 Å². The smallest absolute Gasteiger partial charge is 0.143 e. The zero-order valence-electron chi connectivity index (χ0n) is 16.6. The number of nitrogens with one attached hydrogen (secondary N) is 2. The van der Waals surface area contributed by atoms with E-state index in [1.165, 1.54) is 23.5 Å². The molecule has 2 aromatic carbocycles. The van der Waals surface area contributed by atoms with Gasteiger partial charge in [0.1, 0.15) is 23.7 Å². The Morgan fingerprint density at radius 3 is 2.73 bits per heavy atom. The van der Waals surface area contributed by atoms with E-state index in [2.05, 4.69) is 50.2 Å². The van der Waals surface area contributed by atoms with Crippen LogP contribution in [0.2, 0.25) is 0 Å². The third-order valence-electron chi connectivity index (χ3n) is 5.78. The van der Waals surface area contributed by atoms with E-state index < -0.39 is 0 Å². The SMILES string of the molecule is COc1ccc(C2c3[nH]c4ccccc4c3CCN2c2ncnc(N)c2C=N)cc1. The number of H-pyrrole nitrogens is 1. The molecule has 0 bridgehead atoms. The average Bonchev–Trinajstić information content (AvgIpc) is 3.17. The second-order valence-corrected chi connectivity index (χ2v) is 7.32. The second kappa shape index (κ2) is 7.18. The summed E-state index contributed by atoms with van der Waals surface area (Å²) in [4.78, 5) is 14.4. The van der Waals surface area contributed by atoms with Gasteiger partial charge in [0, 0.05) is 29.4 Å².